The lowest BCUT2D eigenvalue weighted by Gasteiger charge is -2.00. The van der Waals surface area contributed by atoms with Gasteiger partial charge in [0.05, 0.1) is 0 Å². The Morgan fingerprint density at radius 1 is 0.938 bits per heavy atom. The molecule has 5 heteroatoms. The van der Waals surface area contributed by atoms with Crippen molar-refractivity contribution in [3.8, 4) is 11.6 Å². The maximum atomic E-state index is 5.45. The monoisotopic (exact) mass is 215 g/mol. The average molecular weight is 215 g/mol. The Hall–Kier alpha value is -1.88. The minimum Gasteiger partial charge on any atom is -0.330 e. The fourth-order valence-corrected chi connectivity index (χ4v) is 1.27. The van der Waals surface area contributed by atoms with Gasteiger partial charge in [-0.15, -0.1) is 0 Å². The minimum atomic E-state index is 0.542. The molecule has 2 aromatic heterocycles. The molecule has 0 radical (unpaired) electrons. The van der Waals surface area contributed by atoms with Gasteiger partial charge in [-0.2, -0.15) is 0 Å². The van der Waals surface area contributed by atoms with Crippen LogP contribution in [0.5, 0.6) is 0 Å². The van der Waals surface area contributed by atoms with Crippen molar-refractivity contribution in [1.29, 1.82) is 0 Å². The third kappa shape index (κ3) is 2.38. The highest BCUT2D eigenvalue weighted by atomic mass is 15.0. The second kappa shape index (κ2) is 4.76. The predicted molar refractivity (Wildman–Crippen MR) is 60.6 cm³/mol. The summed E-state index contributed by atoms with van der Waals surface area (Å²) in [6.07, 6.45) is 7.81. The molecular formula is C11H13N5. The number of aromatic nitrogens is 4. The first-order valence-electron chi connectivity index (χ1n) is 5.09. The number of hydrogen-bond donors (Lipinski definition) is 1. The Morgan fingerprint density at radius 3 is 1.94 bits per heavy atom. The van der Waals surface area contributed by atoms with Crippen molar-refractivity contribution in [1.82, 2.24) is 19.9 Å². The highest BCUT2D eigenvalue weighted by molar-refractivity contribution is 5.41. The van der Waals surface area contributed by atoms with E-state index in [-0.39, 0.29) is 0 Å². The van der Waals surface area contributed by atoms with Crippen LogP contribution in [0, 0.1) is 6.92 Å². The largest absolute Gasteiger partial charge is 0.330 e. The standard InChI is InChI=1S/C11H13N5/c1-8-4-13-10(14-5-8)11-15-6-9(2-3-12)7-16-11/h4-7H,2-3,12H2,1H3. The summed E-state index contributed by atoms with van der Waals surface area (Å²) in [4.78, 5) is 16.7. The Kier molecular flexibility index (Phi) is 3.16. The maximum absolute atomic E-state index is 5.45. The van der Waals surface area contributed by atoms with E-state index in [1.54, 1.807) is 24.8 Å². The molecule has 0 unspecified atom stereocenters. The van der Waals surface area contributed by atoms with Gasteiger partial charge in [0, 0.05) is 24.8 Å². The molecule has 0 amide bonds. The molecule has 0 aliphatic rings. The zero-order valence-corrected chi connectivity index (χ0v) is 9.09. The number of hydrogen-bond acceptors (Lipinski definition) is 5. The van der Waals surface area contributed by atoms with E-state index in [0.717, 1.165) is 17.5 Å². The van der Waals surface area contributed by atoms with Gasteiger partial charge in [-0.05, 0) is 31.0 Å². The van der Waals surface area contributed by atoms with Crippen molar-refractivity contribution in [2.75, 3.05) is 6.54 Å². The lowest BCUT2D eigenvalue weighted by atomic mass is 10.2. The van der Waals surface area contributed by atoms with E-state index in [2.05, 4.69) is 19.9 Å². The molecule has 2 aromatic rings. The molecule has 16 heavy (non-hydrogen) atoms. The molecule has 0 saturated heterocycles. The van der Waals surface area contributed by atoms with Crippen LogP contribution in [0.2, 0.25) is 0 Å². The van der Waals surface area contributed by atoms with Crippen molar-refractivity contribution < 1.29 is 0 Å². The topological polar surface area (TPSA) is 77.6 Å². The van der Waals surface area contributed by atoms with E-state index < -0.39 is 0 Å². The molecular weight excluding hydrogens is 202 g/mol. The molecule has 2 heterocycles. The molecule has 0 bridgehead atoms. The van der Waals surface area contributed by atoms with E-state index in [1.165, 1.54) is 0 Å². The third-order valence-electron chi connectivity index (χ3n) is 2.12. The molecule has 0 aliphatic heterocycles. The molecule has 0 aromatic carbocycles. The summed E-state index contributed by atoms with van der Waals surface area (Å²) in [5, 5.41) is 0. The lowest BCUT2D eigenvalue weighted by Crippen LogP contribution is -2.04. The van der Waals surface area contributed by atoms with Crippen LogP contribution in [0.25, 0.3) is 11.6 Å². The molecule has 5 nitrogen and oxygen atoms in total. The van der Waals surface area contributed by atoms with E-state index in [9.17, 15) is 0 Å². The number of nitrogens with zero attached hydrogens (tertiary/aromatic N) is 4. The zero-order chi connectivity index (χ0) is 11.4. The predicted octanol–water partition coefficient (Wildman–Crippen LogP) is 0.743. The summed E-state index contributed by atoms with van der Waals surface area (Å²) < 4.78 is 0. The summed E-state index contributed by atoms with van der Waals surface area (Å²) in [7, 11) is 0. The summed E-state index contributed by atoms with van der Waals surface area (Å²) in [5.74, 6) is 1.09. The van der Waals surface area contributed by atoms with Crippen LogP contribution < -0.4 is 5.73 Å². The Balaban J connectivity index is 2.24. The minimum absolute atomic E-state index is 0.542. The molecule has 2 N–H and O–H groups in total. The molecule has 2 rings (SSSR count). The van der Waals surface area contributed by atoms with Gasteiger partial charge < -0.3 is 5.73 Å². The van der Waals surface area contributed by atoms with Gasteiger partial charge in [-0.1, -0.05) is 0 Å². The van der Waals surface area contributed by atoms with Gasteiger partial charge in [-0.3, -0.25) is 0 Å². The molecule has 0 atom stereocenters. The first-order chi connectivity index (χ1) is 7.79. The van der Waals surface area contributed by atoms with Crippen LogP contribution in [0.1, 0.15) is 11.1 Å². The van der Waals surface area contributed by atoms with Gasteiger partial charge in [0.1, 0.15) is 0 Å². The van der Waals surface area contributed by atoms with Crippen molar-refractivity contribution in [3.63, 3.8) is 0 Å². The third-order valence-corrected chi connectivity index (χ3v) is 2.12. The molecule has 0 fully saturated rings. The van der Waals surface area contributed by atoms with Crippen LogP contribution in [0.15, 0.2) is 24.8 Å². The van der Waals surface area contributed by atoms with E-state index in [4.69, 9.17) is 5.73 Å². The van der Waals surface area contributed by atoms with Crippen molar-refractivity contribution in [2.45, 2.75) is 13.3 Å². The number of nitrogens with two attached hydrogens (primary N) is 1. The van der Waals surface area contributed by atoms with Gasteiger partial charge >= 0.3 is 0 Å². The Bertz CT molecular complexity index is 449. The highest BCUT2D eigenvalue weighted by Crippen LogP contribution is 2.08. The SMILES string of the molecule is Cc1cnc(-c2ncc(CCN)cn2)nc1. The second-order valence-corrected chi connectivity index (χ2v) is 3.54. The van der Waals surface area contributed by atoms with E-state index in [1.807, 2.05) is 6.92 Å². The smallest absolute Gasteiger partial charge is 0.197 e. The second-order valence-electron chi connectivity index (χ2n) is 3.54. The number of rotatable bonds is 3. The van der Waals surface area contributed by atoms with Crippen LogP contribution in [-0.4, -0.2) is 26.5 Å². The first kappa shape index (κ1) is 10.6. The van der Waals surface area contributed by atoms with Gasteiger partial charge in [0.2, 0.25) is 0 Å². The fourth-order valence-electron chi connectivity index (χ4n) is 1.27. The first-order valence-corrected chi connectivity index (χ1v) is 5.09. The highest BCUT2D eigenvalue weighted by Gasteiger charge is 2.03. The van der Waals surface area contributed by atoms with Crippen LogP contribution in [-0.2, 0) is 6.42 Å². The molecule has 0 spiro atoms. The van der Waals surface area contributed by atoms with Crippen LogP contribution >= 0.6 is 0 Å². The summed E-state index contributed by atoms with van der Waals surface area (Å²) >= 11 is 0. The average Bonchev–Trinajstić information content (AvgIpc) is 2.32. The fraction of sp³-hybridized carbons (Fsp3) is 0.273. The van der Waals surface area contributed by atoms with Crippen molar-refractivity contribution >= 4 is 0 Å². The van der Waals surface area contributed by atoms with Crippen molar-refractivity contribution in [2.24, 2.45) is 5.73 Å². The van der Waals surface area contributed by atoms with E-state index in [0.29, 0.717) is 18.2 Å². The van der Waals surface area contributed by atoms with Crippen LogP contribution in [0.4, 0.5) is 0 Å². The summed E-state index contributed by atoms with van der Waals surface area (Å²) in [6.45, 7) is 2.54. The van der Waals surface area contributed by atoms with Crippen molar-refractivity contribution in [3.05, 3.63) is 35.9 Å². The lowest BCUT2D eigenvalue weighted by molar-refractivity contribution is 0.938. The summed E-state index contributed by atoms with van der Waals surface area (Å²) in [6, 6.07) is 0. The Morgan fingerprint density at radius 2 is 1.44 bits per heavy atom. The molecule has 0 saturated carbocycles. The van der Waals surface area contributed by atoms with Gasteiger partial charge in [0.25, 0.3) is 0 Å². The molecule has 0 aliphatic carbocycles. The van der Waals surface area contributed by atoms with E-state index >= 15 is 0 Å². The van der Waals surface area contributed by atoms with Gasteiger partial charge in [0.15, 0.2) is 11.6 Å². The Labute approximate surface area is 93.8 Å². The van der Waals surface area contributed by atoms with Gasteiger partial charge in [-0.25, -0.2) is 19.9 Å². The normalized spacial score (nSPS) is 10.4. The van der Waals surface area contributed by atoms with Crippen LogP contribution in [0.3, 0.4) is 0 Å². The maximum Gasteiger partial charge on any atom is 0.197 e. The zero-order valence-electron chi connectivity index (χ0n) is 9.09. The number of aryl methyl sites for hydroxylation is 1. The molecule has 82 valence electrons. The summed E-state index contributed by atoms with van der Waals surface area (Å²) in [5.41, 5.74) is 7.49. The quantitative estimate of drug-likeness (QED) is 0.817.